The monoisotopic (exact) mass is 404 g/mol. The topological polar surface area (TPSA) is 83.6 Å². The molecule has 1 fully saturated rings. The van der Waals surface area contributed by atoms with Gasteiger partial charge in [0.15, 0.2) is 0 Å². The zero-order chi connectivity index (χ0) is 20.5. The van der Waals surface area contributed by atoms with E-state index in [2.05, 4.69) is 22.0 Å². The molecule has 2 aliphatic rings. The highest BCUT2D eigenvalue weighted by atomic mass is 16.5. The van der Waals surface area contributed by atoms with Crippen LogP contribution >= 0.6 is 0 Å². The molecule has 3 heterocycles. The number of aromatic hydroxyl groups is 1. The molecular formula is C23H24N4O3. The number of ether oxygens (including phenoxy) is 2. The molecule has 3 aromatic rings. The van der Waals surface area contributed by atoms with Crippen molar-refractivity contribution < 1.29 is 14.6 Å². The van der Waals surface area contributed by atoms with Gasteiger partial charge in [-0.3, -0.25) is 10.3 Å². The summed E-state index contributed by atoms with van der Waals surface area (Å²) in [7, 11) is 0. The maximum Gasteiger partial charge on any atom is 0.228 e. The number of rotatable bonds is 4. The van der Waals surface area contributed by atoms with E-state index >= 15 is 0 Å². The van der Waals surface area contributed by atoms with Crippen LogP contribution < -0.4 is 10.2 Å². The van der Waals surface area contributed by atoms with Crippen molar-refractivity contribution in [2.45, 2.75) is 12.5 Å². The number of benzene rings is 2. The average Bonchev–Trinajstić information content (AvgIpc) is 2.78. The molecule has 5 rings (SSSR count). The molecule has 2 N–H and O–H groups in total. The maximum absolute atomic E-state index is 9.93. The Kier molecular flexibility index (Phi) is 4.98. The van der Waals surface area contributed by atoms with Crippen molar-refractivity contribution in [1.82, 2.24) is 14.5 Å². The molecule has 1 atom stereocenters. The zero-order valence-electron chi connectivity index (χ0n) is 16.6. The first-order chi connectivity index (χ1) is 14.7. The highest BCUT2D eigenvalue weighted by molar-refractivity contribution is 5.57. The number of hydrogen-bond acceptors (Lipinski definition) is 6. The van der Waals surface area contributed by atoms with Crippen molar-refractivity contribution in [2.24, 2.45) is 0 Å². The van der Waals surface area contributed by atoms with Gasteiger partial charge in [-0.25, -0.2) is 4.98 Å². The molecule has 154 valence electrons. The Hall–Kier alpha value is -3.16. The minimum absolute atomic E-state index is 0.145. The lowest BCUT2D eigenvalue weighted by molar-refractivity contribution is 0.0362. The number of phenolic OH excluding ortho intramolecular Hbond substituents is 1. The molecule has 1 aromatic heterocycles. The minimum Gasteiger partial charge on any atom is -0.508 e. The van der Waals surface area contributed by atoms with Gasteiger partial charge in [0.1, 0.15) is 23.3 Å². The van der Waals surface area contributed by atoms with Gasteiger partial charge in [0.25, 0.3) is 0 Å². The summed E-state index contributed by atoms with van der Waals surface area (Å²) in [5, 5.41) is 18.9. The van der Waals surface area contributed by atoms with Crippen LogP contribution in [0.1, 0.15) is 22.6 Å². The molecule has 0 unspecified atom stereocenters. The number of phenols is 1. The Bertz CT molecular complexity index is 1110. The van der Waals surface area contributed by atoms with Gasteiger partial charge in [0, 0.05) is 43.7 Å². The van der Waals surface area contributed by atoms with Crippen molar-refractivity contribution in [1.29, 1.82) is 5.41 Å². The molecular weight excluding hydrogens is 380 g/mol. The van der Waals surface area contributed by atoms with E-state index < -0.39 is 0 Å². The highest BCUT2D eigenvalue weighted by Gasteiger charge is 2.32. The van der Waals surface area contributed by atoms with Crippen LogP contribution in [0.15, 0.2) is 54.9 Å². The SMILES string of the molecule is N=c1c2c(ncn1CCN1CCOCC1)Oc1cc(O)ccc1[C@H]2c1ccccc1. The number of morpholine rings is 1. The number of nitrogens with one attached hydrogen (secondary N) is 1. The van der Waals surface area contributed by atoms with Crippen LogP contribution in [0.25, 0.3) is 0 Å². The molecule has 0 bridgehead atoms. The maximum atomic E-state index is 9.93. The second-order valence-electron chi connectivity index (χ2n) is 7.63. The summed E-state index contributed by atoms with van der Waals surface area (Å²) in [6.45, 7) is 4.88. The molecule has 30 heavy (non-hydrogen) atoms. The third-order valence-corrected chi connectivity index (χ3v) is 5.78. The summed E-state index contributed by atoms with van der Waals surface area (Å²) in [6, 6.07) is 15.2. The Balaban J connectivity index is 1.55. The predicted molar refractivity (Wildman–Crippen MR) is 111 cm³/mol. The van der Waals surface area contributed by atoms with E-state index in [1.54, 1.807) is 18.5 Å². The lowest BCUT2D eigenvalue weighted by Gasteiger charge is -2.29. The summed E-state index contributed by atoms with van der Waals surface area (Å²) in [5.41, 5.74) is 3.15. The molecule has 1 saturated heterocycles. The van der Waals surface area contributed by atoms with Gasteiger partial charge in [-0.1, -0.05) is 36.4 Å². The molecule has 2 aliphatic heterocycles. The second kappa shape index (κ2) is 7.93. The first-order valence-electron chi connectivity index (χ1n) is 10.2. The highest BCUT2D eigenvalue weighted by Crippen LogP contribution is 2.45. The van der Waals surface area contributed by atoms with Gasteiger partial charge in [-0.05, 0) is 11.6 Å². The first-order valence-corrected chi connectivity index (χ1v) is 10.2. The van der Waals surface area contributed by atoms with Crippen LogP contribution in [0.3, 0.4) is 0 Å². The number of hydrogen-bond donors (Lipinski definition) is 2. The third kappa shape index (κ3) is 3.46. The third-order valence-electron chi connectivity index (χ3n) is 5.78. The predicted octanol–water partition coefficient (Wildman–Crippen LogP) is 2.69. The molecule has 0 radical (unpaired) electrons. The summed E-state index contributed by atoms with van der Waals surface area (Å²) in [5.74, 6) is 0.969. The standard InChI is InChI=1S/C23H24N4O3/c24-22-21-20(16-4-2-1-3-5-16)18-7-6-17(28)14-19(18)30-23(21)25-15-27(22)9-8-26-10-12-29-13-11-26/h1-7,14-15,20,24,28H,8-13H2/t20-/m1/s1. The van der Waals surface area contributed by atoms with Gasteiger partial charge in [0.05, 0.1) is 18.8 Å². The van der Waals surface area contributed by atoms with E-state index in [-0.39, 0.29) is 11.7 Å². The van der Waals surface area contributed by atoms with E-state index in [1.807, 2.05) is 28.8 Å². The molecule has 0 saturated carbocycles. The lowest BCUT2D eigenvalue weighted by atomic mass is 9.84. The number of fused-ring (bicyclic) bond motifs is 2. The number of aromatic nitrogens is 2. The summed E-state index contributed by atoms with van der Waals surface area (Å²) in [4.78, 5) is 6.89. The van der Waals surface area contributed by atoms with Gasteiger partial charge in [-0.2, -0.15) is 0 Å². The quantitative estimate of drug-likeness (QED) is 0.546. The number of nitrogens with zero attached hydrogens (tertiary/aromatic N) is 3. The van der Waals surface area contributed by atoms with Crippen LogP contribution in [0, 0.1) is 5.41 Å². The zero-order valence-corrected chi connectivity index (χ0v) is 16.6. The van der Waals surface area contributed by atoms with Gasteiger partial charge in [-0.15, -0.1) is 0 Å². The van der Waals surface area contributed by atoms with Crippen LogP contribution in [0.4, 0.5) is 0 Å². The van der Waals surface area contributed by atoms with E-state index in [1.165, 1.54) is 0 Å². The van der Waals surface area contributed by atoms with E-state index in [9.17, 15) is 5.11 Å². The largest absolute Gasteiger partial charge is 0.508 e. The van der Waals surface area contributed by atoms with Crippen molar-refractivity contribution >= 4 is 0 Å². The lowest BCUT2D eigenvalue weighted by Crippen LogP contribution is -2.40. The van der Waals surface area contributed by atoms with Crippen LogP contribution in [0.5, 0.6) is 17.4 Å². The summed E-state index contributed by atoms with van der Waals surface area (Å²) < 4.78 is 13.3. The Labute approximate surface area is 174 Å². The van der Waals surface area contributed by atoms with Crippen molar-refractivity contribution in [2.75, 3.05) is 32.8 Å². The average molecular weight is 404 g/mol. The Morgan fingerprint density at radius 2 is 1.87 bits per heavy atom. The normalized spacial score (nSPS) is 18.3. The van der Waals surface area contributed by atoms with Crippen LogP contribution in [-0.2, 0) is 11.3 Å². The van der Waals surface area contributed by atoms with E-state index in [0.717, 1.165) is 49.5 Å². The van der Waals surface area contributed by atoms with Gasteiger partial charge in [0.2, 0.25) is 5.88 Å². The minimum atomic E-state index is -0.179. The second-order valence-corrected chi connectivity index (χ2v) is 7.63. The molecule has 7 heteroatoms. The Morgan fingerprint density at radius 1 is 1.07 bits per heavy atom. The molecule has 0 spiro atoms. The van der Waals surface area contributed by atoms with Gasteiger partial charge < -0.3 is 19.1 Å². The Morgan fingerprint density at radius 3 is 2.67 bits per heavy atom. The fraction of sp³-hybridized carbons (Fsp3) is 0.304. The fourth-order valence-corrected chi connectivity index (χ4v) is 4.19. The fourth-order valence-electron chi connectivity index (χ4n) is 4.19. The van der Waals surface area contributed by atoms with E-state index in [4.69, 9.17) is 14.9 Å². The molecule has 7 nitrogen and oxygen atoms in total. The smallest absolute Gasteiger partial charge is 0.228 e. The molecule has 0 amide bonds. The van der Waals surface area contributed by atoms with Crippen LogP contribution in [0.2, 0.25) is 0 Å². The van der Waals surface area contributed by atoms with Gasteiger partial charge >= 0.3 is 0 Å². The van der Waals surface area contributed by atoms with Crippen molar-refractivity contribution in [3.05, 3.63) is 77.0 Å². The first kappa shape index (κ1) is 18.8. The molecule has 0 aliphatic carbocycles. The van der Waals surface area contributed by atoms with Crippen molar-refractivity contribution in [3.63, 3.8) is 0 Å². The summed E-state index contributed by atoms with van der Waals surface area (Å²) in [6.07, 6.45) is 1.68. The van der Waals surface area contributed by atoms with Crippen molar-refractivity contribution in [3.8, 4) is 17.4 Å². The van der Waals surface area contributed by atoms with E-state index in [0.29, 0.717) is 23.7 Å². The molecule has 2 aromatic carbocycles. The summed E-state index contributed by atoms with van der Waals surface area (Å²) >= 11 is 0. The van der Waals surface area contributed by atoms with Crippen LogP contribution in [-0.4, -0.2) is 52.4 Å².